The summed E-state index contributed by atoms with van der Waals surface area (Å²) in [6, 6.07) is 14.4. The lowest BCUT2D eigenvalue weighted by atomic mass is 10.3. The number of ether oxygens (including phenoxy) is 1. The number of benzene rings is 2. The molecule has 1 amide bonds. The first-order valence-electron chi connectivity index (χ1n) is 8.54. The van der Waals surface area contributed by atoms with Crippen molar-refractivity contribution in [3.05, 3.63) is 64.4 Å². The quantitative estimate of drug-likeness (QED) is 0.507. The molecule has 1 aromatic heterocycles. The first-order valence-corrected chi connectivity index (χ1v) is 10.3. The van der Waals surface area contributed by atoms with E-state index in [2.05, 4.69) is 15.5 Å². The molecule has 6 nitrogen and oxygen atoms in total. The summed E-state index contributed by atoms with van der Waals surface area (Å²) in [7, 11) is 0. The number of hydrogen-bond donors (Lipinski definition) is 1. The standard InChI is InChI=1S/C19H18Cl2N4O2S/c1-2-25-17(11-27-16-9-8-13(20)10-15(16)21)23-24-19(25)28-12-18(26)22-14-6-4-3-5-7-14/h3-10H,2,11-12H2,1H3,(H,22,26). The van der Waals surface area contributed by atoms with Gasteiger partial charge in [-0.15, -0.1) is 10.2 Å². The Bertz CT molecular complexity index is 950. The summed E-state index contributed by atoms with van der Waals surface area (Å²) in [5.41, 5.74) is 0.763. The lowest BCUT2D eigenvalue weighted by molar-refractivity contribution is -0.113. The van der Waals surface area contributed by atoms with Crippen LogP contribution in [-0.2, 0) is 17.9 Å². The van der Waals surface area contributed by atoms with Gasteiger partial charge in [-0.3, -0.25) is 4.79 Å². The van der Waals surface area contributed by atoms with Gasteiger partial charge in [0.25, 0.3) is 0 Å². The van der Waals surface area contributed by atoms with Gasteiger partial charge in [-0.25, -0.2) is 0 Å². The normalized spacial score (nSPS) is 10.7. The van der Waals surface area contributed by atoms with Crippen LogP contribution in [-0.4, -0.2) is 26.4 Å². The van der Waals surface area contributed by atoms with Crippen LogP contribution in [0.2, 0.25) is 10.0 Å². The van der Waals surface area contributed by atoms with E-state index in [1.165, 1.54) is 11.8 Å². The van der Waals surface area contributed by atoms with Gasteiger partial charge in [0.05, 0.1) is 10.8 Å². The fourth-order valence-corrected chi connectivity index (χ4v) is 3.72. The number of nitrogens with one attached hydrogen (secondary N) is 1. The Morgan fingerprint density at radius 2 is 1.96 bits per heavy atom. The second-order valence-corrected chi connectivity index (χ2v) is 7.50. The molecule has 146 valence electrons. The number of amides is 1. The van der Waals surface area contributed by atoms with Gasteiger partial charge in [0.2, 0.25) is 5.91 Å². The number of aromatic nitrogens is 3. The predicted octanol–water partition coefficient (Wildman–Crippen LogP) is 4.91. The van der Waals surface area contributed by atoms with Gasteiger partial charge in [0.15, 0.2) is 11.0 Å². The zero-order valence-electron chi connectivity index (χ0n) is 15.1. The Balaban J connectivity index is 1.59. The van der Waals surface area contributed by atoms with E-state index in [-0.39, 0.29) is 18.3 Å². The maximum absolute atomic E-state index is 12.1. The Morgan fingerprint density at radius 1 is 1.18 bits per heavy atom. The molecule has 1 N–H and O–H groups in total. The molecule has 0 saturated carbocycles. The molecule has 0 saturated heterocycles. The highest BCUT2D eigenvalue weighted by Crippen LogP contribution is 2.28. The summed E-state index contributed by atoms with van der Waals surface area (Å²) >= 11 is 13.3. The van der Waals surface area contributed by atoms with E-state index in [4.69, 9.17) is 27.9 Å². The first-order chi connectivity index (χ1) is 13.6. The van der Waals surface area contributed by atoms with Crippen molar-refractivity contribution in [2.45, 2.75) is 25.2 Å². The molecule has 9 heteroatoms. The highest BCUT2D eigenvalue weighted by molar-refractivity contribution is 7.99. The smallest absolute Gasteiger partial charge is 0.234 e. The van der Waals surface area contributed by atoms with Crippen molar-refractivity contribution in [2.75, 3.05) is 11.1 Å². The first kappa shape index (κ1) is 20.5. The molecule has 0 spiro atoms. The maximum atomic E-state index is 12.1. The molecule has 0 aliphatic carbocycles. The molecule has 0 aliphatic rings. The van der Waals surface area contributed by atoms with Crippen molar-refractivity contribution in [3.63, 3.8) is 0 Å². The van der Waals surface area contributed by atoms with Gasteiger partial charge in [0.1, 0.15) is 12.4 Å². The van der Waals surface area contributed by atoms with Crippen LogP contribution in [0.5, 0.6) is 5.75 Å². The SMILES string of the molecule is CCn1c(COc2ccc(Cl)cc2Cl)nnc1SCC(=O)Nc1ccccc1. The minimum Gasteiger partial charge on any atom is -0.484 e. The van der Waals surface area contributed by atoms with E-state index in [1.807, 2.05) is 41.8 Å². The van der Waals surface area contributed by atoms with E-state index in [1.54, 1.807) is 18.2 Å². The number of para-hydroxylation sites is 1. The van der Waals surface area contributed by atoms with Gasteiger partial charge in [-0.05, 0) is 37.3 Å². The fourth-order valence-electron chi connectivity index (χ4n) is 2.43. The average molecular weight is 437 g/mol. The van der Waals surface area contributed by atoms with Crippen LogP contribution in [0.4, 0.5) is 5.69 Å². The molecular weight excluding hydrogens is 419 g/mol. The van der Waals surface area contributed by atoms with E-state index in [9.17, 15) is 4.79 Å². The number of rotatable bonds is 8. The Hall–Kier alpha value is -2.22. The van der Waals surface area contributed by atoms with Crippen molar-refractivity contribution in [2.24, 2.45) is 0 Å². The third-order valence-corrected chi connectivity index (χ3v) is 5.25. The van der Waals surface area contributed by atoms with Gasteiger partial charge in [0, 0.05) is 17.3 Å². The molecule has 0 fully saturated rings. The molecule has 3 aromatic rings. The molecule has 0 atom stereocenters. The molecule has 2 aromatic carbocycles. The second-order valence-electron chi connectivity index (χ2n) is 5.71. The summed E-state index contributed by atoms with van der Waals surface area (Å²) in [6.07, 6.45) is 0. The zero-order valence-corrected chi connectivity index (χ0v) is 17.4. The number of anilines is 1. The molecule has 0 radical (unpaired) electrons. The van der Waals surface area contributed by atoms with Gasteiger partial charge >= 0.3 is 0 Å². The van der Waals surface area contributed by atoms with Crippen LogP contribution in [0, 0.1) is 0 Å². The summed E-state index contributed by atoms with van der Waals surface area (Å²) < 4.78 is 7.64. The van der Waals surface area contributed by atoms with Crippen LogP contribution in [0.15, 0.2) is 53.7 Å². The minimum atomic E-state index is -0.104. The minimum absolute atomic E-state index is 0.104. The number of carbonyl (C=O) groups is 1. The zero-order chi connectivity index (χ0) is 19.9. The van der Waals surface area contributed by atoms with E-state index < -0.39 is 0 Å². The van der Waals surface area contributed by atoms with Crippen LogP contribution in [0.25, 0.3) is 0 Å². The summed E-state index contributed by atoms with van der Waals surface area (Å²) in [5, 5.41) is 12.8. The monoisotopic (exact) mass is 436 g/mol. The molecular formula is C19H18Cl2N4O2S. The number of nitrogens with zero attached hydrogens (tertiary/aromatic N) is 3. The second kappa shape index (κ2) is 9.82. The summed E-state index contributed by atoms with van der Waals surface area (Å²) in [6.45, 7) is 2.85. The van der Waals surface area contributed by atoms with Crippen molar-refractivity contribution in [1.82, 2.24) is 14.8 Å². The van der Waals surface area contributed by atoms with Crippen LogP contribution >= 0.6 is 35.0 Å². The topological polar surface area (TPSA) is 69.0 Å². The Kier molecular flexibility index (Phi) is 7.19. The molecule has 28 heavy (non-hydrogen) atoms. The molecule has 0 aliphatic heterocycles. The van der Waals surface area contributed by atoms with Crippen molar-refractivity contribution in [3.8, 4) is 5.75 Å². The van der Waals surface area contributed by atoms with Gasteiger partial charge < -0.3 is 14.6 Å². The lowest BCUT2D eigenvalue weighted by Gasteiger charge is -2.10. The maximum Gasteiger partial charge on any atom is 0.234 e. The van der Waals surface area contributed by atoms with E-state index in [0.29, 0.717) is 33.3 Å². The molecule has 0 bridgehead atoms. The highest BCUT2D eigenvalue weighted by Gasteiger charge is 2.14. The van der Waals surface area contributed by atoms with Crippen molar-refractivity contribution in [1.29, 1.82) is 0 Å². The predicted molar refractivity (Wildman–Crippen MR) is 112 cm³/mol. The van der Waals surface area contributed by atoms with Crippen molar-refractivity contribution >= 4 is 46.6 Å². The lowest BCUT2D eigenvalue weighted by Crippen LogP contribution is -2.14. The highest BCUT2D eigenvalue weighted by atomic mass is 35.5. The average Bonchev–Trinajstić information content (AvgIpc) is 3.08. The molecule has 3 rings (SSSR count). The van der Waals surface area contributed by atoms with Crippen LogP contribution in [0.3, 0.4) is 0 Å². The van der Waals surface area contributed by atoms with Crippen LogP contribution < -0.4 is 10.1 Å². The Labute approximate surface area is 177 Å². The molecule has 1 heterocycles. The molecule has 0 unspecified atom stereocenters. The Morgan fingerprint density at radius 3 is 2.68 bits per heavy atom. The number of halogens is 2. The number of thioether (sulfide) groups is 1. The van der Waals surface area contributed by atoms with Gasteiger partial charge in [-0.1, -0.05) is 53.2 Å². The number of carbonyl (C=O) groups excluding carboxylic acids is 1. The van der Waals surface area contributed by atoms with Crippen molar-refractivity contribution < 1.29 is 9.53 Å². The summed E-state index contributed by atoms with van der Waals surface area (Å²) in [5.74, 6) is 1.30. The van der Waals surface area contributed by atoms with E-state index >= 15 is 0 Å². The summed E-state index contributed by atoms with van der Waals surface area (Å²) in [4.78, 5) is 12.1. The van der Waals surface area contributed by atoms with E-state index in [0.717, 1.165) is 5.69 Å². The third-order valence-electron chi connectivity index (χ3n) is 3.75. The number of hydrogen-bond acceptors (Lipinski definition) is 5. The van der Waals surface area contributed by atoms with Gasteiger partial charge in [-0.2, -0.15) is 0 Å². The van der Waals surface area contributed by atoms with Crippen LogP contribution in [0.1, 0.15) is 12.7 Å². The fraction of sp³-hybridized carbons (Fsp3) is 0.211. The largest absolute Gasteiger partial charge is 0.484 e. The third kappa shape index (κ3) is 5.41.